The predicted octanol–water partition coefficient (Wildman–Crippen LogP) is 5.57. The summed E-state index contributed by atoms with van der Waals surface area (Å²) >= 11 is 0. The van der Waals surface area contributed by atoms with E-state index in [0.29, 0.717) is 6.42 Å². The minimum atomic E-state index is -0.369. The second-order valence-corrected chi connectivity index (χ2v) is 6.27. The first-order valence-corrected chi connectivity index (χ1v) is 8.40. The minimum absolute atomic E-state index is 0.232. The van der Waals surface area contributed by atoms with E-state index >= 15 is 0 Å². The first-order valence-electron chi connectivity index (χ1n) is 8.40. The Balaban J connectivity index is 3.55. The molecule has 120 valence electrons. The van der Waals surface area contributed by atoms with Crippen molar-refractivity contribution in [2.45, 2.75) is 104 Å². The van der Waals surface area contributed by atoms with Crippen molar-refractivity contribution < 1.29 is 14.6 Å². The molecule has 0 saturated carbocycles. The molecule has 20 heavy (non-hydrogen) atoms. The summed E-state index contributed by atoms with van der Waals surface area (Å²) in [6, 6.07) is 0. The molecule has 0 rings (SSSR count). The lowest BCUT2D eigenvalue weighted by atomic mass is 10.0. The molecule has 0 aromatic heterocycles. The van der Waals surface area contributed by atoms with Gasteiger partial charge in [0.15, 0.2) is 0 Å². The Morgan fingerprint density at radius 3 is 2.05 bits per heavy atom. The molecule has 0 amide bonds. The third-order valence-corrected chi connectivity index (χ3v) is 3.48. The molecule has 0 aliphatic rings. The SMILES string of the molecule is CCCCCCCCC(=O)OOC(C)(C)CCCCC. The molecule has 0 aromatic carbocycles. The Kier molecular flexibility index (Phi) is 11.8. The highest BCUT2D eigenvalue weighted by Gasteiger charge is 2.21. The Labute approximate surface area is 125 Å². The van der Waals surface area contributed by atoms with Gasteiger partial charge in [-0.2, -0.15) is 4.89 Å². The molecule has 0 atom stereocenters. The van der Waals surface area contributed by atoms with Crippen molar-refractivity contribution in [3.05, 3.63) is 0 Å². The van der Waals surface area contributed by atoms with E-state index in [1.165, 1.54) is 38.5 Å². The lowest BCUT2D eigenvalue weighted by Crippen LogP contribution is -2.26. The maximum absolute atomic E-state index is 11.6. The van der Waals surface area contributed by atoms with E-state index in [0.717, 1.165) is 25.7 Å². The van der Waals surface area contributed by atoms with Crippen LogP contribution in [0.15, 0.2) is 0 Å². The summed E-state index contributed by atoms with van der Waals surface area (Å²) in [5.41, 5.74) is -0.369. The lowest BCUT2D eigenvalue weighted by Gasteiger charge is -2.22. The van der Waals surface area contributed by atoms with Gasteiger partial charge in [0.1, 0.15) is 5.60 Å². The molecule has 0 N–H and O–H groups in total. The summed E-state index contributed by atoms with van der Waals surface area (Å²) < 4.78 is 0. The highest BCUT2D eigenvalue weighted by atomic mass is 17.2. The van der Waals surface area contributed by atoms with Gasteiger partial charge in [-0.3, -0.25) is 4.89 Å². The van der Waals surface area contributed by atoms with Crippen LogP contribution in [-0.2, 0) is 14.6 Å². The first-order chi connectivity index (χ1) is 9.52. The average Bonchev–Trinajstić information content (AvgIpc) is 2.41. The molecule has 0 spiro atoms. The lowest BCUT2D eigenvalue weighted by molar-refractivity contribution is -0.326. The first kappa shape index (κ1) is 19.4. The predicted molar refractivity (Wildman–Crippen MR) is 83.4 cm³/mol. The highest BCUT2D eigenvalue weighted by molar-refractivity contribution is 5.68. The summed E-state index contributed by atoms with van der Waals surface area (Å²) in [6.07, 6.45) is 11.9. The number of hydrogen-bond acceptors (Lipinski definition) is 3. The monoisotopic (exact) mass is 286 g/mol. The van der Waals surface area contributed by atoms with Gasteiger partial charge in [0.05, 0.1) is 0 Å². The largest absolute Gasteiger partial charge is 0.342 e. The number of rotatable bonds is 13. The smallest absolute Gasteiger partial charge is 0.298 e. The van der Waals surface area contributed by atoms with Crippen molar-refractivity contribution in [1.29, 1.82) is 0 Å². The molecule has 0 aromatic rings. The van der Waals surface area contributed by atoms with Gasteiger partial charge in [-0.05, 0) is 26.7 Å². The third kappa shape index (κ3) is 12.5. The summed E-state index contributed by atoms with van der Waals surface area (Å²) in [6.45, 7) is 8.33. The molecule has 0 radical (unpaired) electrons. The van der Waals surface area contributed by atoms with E-state index in [2.05, 4.69) is 13.8 Å². The third-order valence-electron chi connectivity index (χ3n) is 3.48. The van der Waals surface area contributed by atoms with Crippen LogP contribution in [-0.4, -0.2) is 11.6 Å². The number of hydrogen-bond donors (Lipinski definition) is 0. The van der Waals surface area contributed by atoms with Gasteiger partial charge in [-0.25, -0.2) is 4.79 Å². The van der Waals surface area contributed by atoms with Crippen LogP contribution >= 0.6 is 0 Å². The fourth-order valence-corrected chi connectivity index (χ4v) is 2.09. The van der Waals surface area contributed by atoms with Crippen molar-refractivity contribution in [3.8, 4) is 0 Å². The van der Waals surface area contributed by atoms with Crippen molar-refractivity contribution >= 4 is 5.97 Å². The number of carbonyl (C=O) groups excluding carboxylic acids is 1. The van der Waals surface area contributed by atoms with Crippen LogP contribution < -0.4 is 0 Å². The minimum Gasteiger partial charge on any atom is -0.298 e. The second-order valence-electron chi connectivity index (χ2n) is 6.27. The summed E-state index contributed by atoms with van der Waals surface area (Å²) in [5, 5.41) is 0. The molecule has 3 heteroatoms. The molecule has 0 heterocycles. The Hall–Kier alpha value is -0.570. The molecule has 0 aliphatic carbocycles. The molecule has 0 unspecified atom stereocenters. The van der Waals surface area contributed by atoms with Gasteiger partial charge in [-0.1, -0.05) is 65.2 Å². The maximum Gasteiger partial charge on any atom is 0.342 e. The van der Waals surface area contributed by atoms with Crippen LogP contribution in [0.1, 0.15) is 98.3 Å². The topological polar surface area (TPSA) is 35.5 Å². The van der Waals surface area contributed by atoms with E-state index in [1.807, 2.05) is 13.8 Å². The van der Waals surface area contributed by atoms with E-state index in [9.17, 15) is 4.79 Å². The molecular formula is C17H34O3. The standard InChI is InChI=1S/C17H34O3/c1-5-7-9-10-11-12-14-16(18)19-20-17(3,4)15-13-8-6-2/h5-15H2,1-4H3. The van der Waals surface area contributed by atoms with Crippen LogP contribution in [0, 0.1) is 0 Å². The zero-order valence-electron chi connectivity index (χ0n) is 14.0. The van der Waals surface area contributed by atoms with Gasteiger partial charge < -0.3 is 0 Å². The second kappa shape index (κ2) is 12.2. The summed E-state index contributed by atoms with van der Waals surface area (Å²) in [5.74, 6) is -0.232. The molecule has 0 saturated heterocycles. The van der Waals surface area contributed by atoms with Crippen LogP contribution in [0.2, 0.25) is 0 Å². The number of unbranched alkanes of at least 4 members (excludes halogenated alkanes) is 7. The van der Waals surface area contributed by atoms with E-state index in [4.69, 9.17) is 9.78 Å². The fraction of sp³-hybridized carbons (Fsp3) is 0.941. The fourth-order valence-electron chi connectivity index (χ4n) is 2.09. The highest BCUT2D eigenvalue weighted by Crippen LogP contribution is 2.19. The molecule has 3 nitrogen and oxygen atoms in total. The normalized spacial score (nSPS) is 11.6. The Bertz CT molecular complexity index is 236. The molecular weight excluding hydrogens is 252 g/mol. The quantitative estimate of drug-likeness (QED) is 0.252. The molecule has 0 bridgehead atoms. The Morgan fingerprint density at radius 1 is 0.850 bits per heavy atom. The van der Waals surface area contributed by atoms with Crippen LogP contribution in [0.4, 0.5) is 0 Å². The van der Waals surface area contributed by atoms with Crippen molar-refractivity contribution in [2.24, 2.45) is 0 Å². The van der Waals surface area contributed by atoms with Crippen LogP contribution in [0.3, 0.4) is 0 Å². The Morgan fingerprint density at radius 2 is 1.40 bits per heavy atom. The molecule has 0 fully saturated rings. The maximum atomic E-state index is 11.6. The zero-order valence-corrected chi connectivity index (χ0v) is 14.0. The van der Waals surface area contributed by atoms with Crippen LogP contribution in [0.5, 0.6) is 0 Å². The number of carbonyl (C=O) groups is 1. The van der Waals surface area contributed by atoms with Crippen LogP contribution in [0.25, 0.3) is 0 Å². The van der Waals surface area contributed by atoms with Gasteiger partial charge in [0, 0.05) is 6.42 Å². The summed E-state index contributed by atoms with van der Waals surface area (Å²) in [4.78, 5) is 21.8. The van der Waals surface area contributed by atoms with Gasteiger partial charge in [0.2, 0.25) is 0 Å². The van der Waals surface area contributed by atoms with E-state index < -0.39 is 0 Å². The van der Waals surface area contributed by atoms with Gasteiger partial charge in [-0.15, -0.1) is 0 Å². The van der Waals surface area contributed by atoms with Crippen molar-refractivity contribution in [3.63, 3.8) is 0 Å². The van der Waals surface area contributed by atoms with E-state index in [1.54, 1.807) is 0 Å². The van der Waals surface area contributed by atoms with E-state index in [-0.39, 0.29) is 11.6 Å². The van der Waals surface area contributed by atoms with Crippen molar-refractivity contribution in [1.82, 2.24) is 0 Å². The zero-order chi connectivity index (χ0) is 15.3. The average molecular weight is 286 g/mol. The van der Waals surface area contributed by atoms with Gasteiger partial charge >= 0.3 is 5.97 Å². The molecule has 0 aliphatic heterocycles. The van der Waals surface area contributed by atoms with Gasteiger partial charge in [0.25, 0.3) is 0 Å². The summed E-state index contributed by atoms with van der Waals surface area (Å²) in [7, 11) is 0. The van der Waals surface area contributed by atoms with Crippen molar-refractivity contribution in [2.75, 3.05) is 0 Å².